The summed E-state index contributed by atoms with van der Waals surface area (Å²) < 4.78 is 0. The van der Waals surface area contributed by atoms with Crippen LogP contribution in [0.5, 0.6) is 0 Å². The number of thioether (sulfide) groups is 1. The molecule has 0 aromatic heterocycles. The molecule has 2 aliphatic heterocycles. The van der Waals surface area contributed by atoms with Crippen molar-refractivity contribution in [2.75, 3.05) is 31.1 Å². The summed E-state index contributed by atoms with van der Waals surface area (Å²) in [7, 11) is 0. The quantitative estimate of drug-likeness (QED) is 0.578. The minimum Gasteiger partial charge on any atom is -0.313 e. The van der Waals surface area contributed by atoms with E-state index in [2.05, 4.69) is 16.1 Å². The molecule has 0 aromatic carbocycles. The summed E-state index contributed by atoms with van der Waals surface area (Å²) >= 11 is 1.85. The maximum Gasteiger partial charge on any atom is 0.0545 e. The third-order valence-electron chi connectivity index (χ3n) is 3.69. The van der Waals surface area contributed by atoms with E-state index in [1.165, 1.54) is 38.8 Å². The molecule has 2 atom stereocenters. The van der Waals surface area contributed by atoms with E-state index in [-0.39, 0.29) is 0 Å². The minimum atomic E-state index is 0.755. The molecule has 2 rings (SSSR count). The van der Waals surface area contributed by atoms with Crippen molar-refractivity contribution in [1.29, 1.82) is 0 Å². The van der Waals surface area contributed by atoms with Crippen molar-refractivity contribution in [3.63, 3.8) is 0 Å². The fraction of sp³-hybridized carbons (Fsp3) is 0.846. The zero-order valence-electron chi connectivity index (χ0n) is 9.95. The topological polar surface area (TPSA) is 15.3 Å². The SMILES string of the molecule is C#CCSCCNC1CCN2CCCC2C1. The third-order valence-corrected chi connectivity index (χ3v) is 4.55. The molecule has 2 aliphatic rings. The monoisotopic (exact) mass is 238 g/mol. The van der Waals surface area contributed by atoms with Gasteiger partial charge >= 0.3 is 0 Å². The second kappa shape index (κ2) is 6.54. The maximum atomic E-state index is 5.22. The molecule has 2 heterocycles. The zero-order valence-corrected chi connectivity index (χ0v) is 10.8. The minimum absolute atomic E-state index is 0.755. The van der Waals surface area contributed by atoms with Gasteiger partial charge in [0.25, 0.3) is 0 Å². The summed E-state index contributed by atoms with van der Waals surface area (Å²) in [5, 5.41) is 3.68. The summed E-state index contributed by atoms with van der Waals surface area (Å²) in [6, 6.07) is 1.63. The van der Waals surface area contributed by atoms with Crippen molar-refractivity contribution in [2.24, 2.45) is 0 Å². The number of hydrogen-bond donors (Lipinski definition) is 1. The van der Waals surface area contributed by atoms with Gasteiger partial charge in [-0.1, -0.05) is 5.92 Å². The molecule has 0 aromatic rings. The Kier molecular flexibility index (Phi) is 5.02. The molecule has 0 aliphatic carbocycles. The molecule has 2 nitrogen and oxygen atoms in total. The number of nitrogens with zero attached hydrogens (tertiary/aromatic N) is 1. The molecule has 16 heavy (non-hydrogen) atoms. The van der Waals surface area contributed by atoms with Gasteiger partial charge in [0.15, 0.2) is 0 Å². The molecule has 2 fully saturated rings. The zero-order chi connectivity index (χ0) is 11.2. The van der Waals surface area contributed by atoms with Gasteiger partial charge in [0.2, 0.25) is 0 Å². The van der Waals surface area contributed by atoms with Crippen LogP contribution in [0.3, 0.4) is 0 Å². The molecule has 90 valence electrons. The lowest BCUT2D eigenvalue weighted by Crippen LogP contribution is -2.46. The number of hydrogen-bond acceptors (Lipinski definition) is 3. The normalized spacial score (nSPS) is 29.9. The second-order valence-corrected chi connectivity index (χ2v) is 5.87. The van der Waals surface area contributed by atoms with Gasteiger partial charge in [-0.2, -0.15) is 0 Å². The van der Waals surface area contributed by atoms with Crippen molar-refractivity contribution in [3.8, 4) is 12.3 Å². The molecule has 2 saturated heterocycles. The number of piperidine rings is 1. The van der Waals surface area contributed by atoms with E-state index in [4.69, 9.17) is 6.42 Å². The first-order chi connectivity index (χ1) is 7.90. The van der Waals surface area contributed by atoms with E-state index >= 15 is 0 Å². The van der Waals surface area contributed by atoms with Gasteiger partial charge in [0, 0.05) is 24.4 Å². The van der Waals surface area contributed by atoms with E-state index in [9.17, 15) is 0 Å². The Balaban J connectivity index is 1.58. The van der Waals surface area contributed by atoms with E-state index < -0.39 is 0 Å². The molecule has 1 N–H and O–H groups in total. The fourth-order valence-electron chi connectivity index (χ4n) is 2.88. The van der Waals surface area contributed by atoms with Crippen LogP contribution < -0.4 is 5.32 Å². The van der Waals surface area contributed by atoms with Crippen LogP contribution in [0.2, 0.25) is 0 Å². The van der Waals surface area contributed by atoms with Gasteiger partial charge in [-0.15, -0.1) is 18.2 Å². The molecular formula is C13H22N2S. The lowest BCUT2D eigenvalue weighted by Gasteiger charge is -2.35. The van der Waals surface area contributed by atoms with Crippen LogP contribution in [0.4, 0.5) is 0 Å². The largest absolute Gasteiger partial charge is 0.313 e. The van der Waals surface area contributed by atoms with E-state index in [0.29, 0.717) is 0 Å². The molecule has 2 unspecified atom stereocenters. The lowest BCUT2D eigenvalue weighted by molar-refractivity contribution is 0.168. The Morgan fingerprint density at radius 1 is 1.38 bits per heavy atom. The van der Waals surface area contributed by atoms with E-state index in [0.717, 1.165) is 30.1 Å². The van der Waals surface area contributed by atoms with Crippen LogP contribution in [0, 0.1) is 12.3 Å². The molecule has 0 saturated carbocycles. The maximum absolute atomic E-state index is 5.22. The predicted molar refractivity (Wildman–Crippen MR) is 71.8 cm³/mol. The Labute approximate surface area is 104 Å². The Hall–Kier alpha value is -0.170. The number of terminal acetylenes is 1. The molecular weight excluding hydrogens is 216 g/mol. The molecule has 0 radical (unpaired) electrons. The first-order valence-corrected chi connectivity index (χ1v) is 7.54. The highest BCUT2D eigenvalue weighted by Crippen LogP contribution is 2.26. The van der Waals surface area contributed by atoms with Gasteiger partial charge in [-0.3, -0.25) is 0 Å². The molecule has 0 spiro atoms. The summed E-state index contributed by atoms with van der Waals surface area (Å²) in [5.74, 6) is 4.66. The van der Waals surface area contributed by atoms with E-state index in [1.54, 1.807) is 0 Å². The van der Waals surface area contributed by atoms with Crippen molar-refractivity contribution >= 4 is 11.8 Å². The Bertz CT molecular complexity index is 249. The number of nitrogens with one attached hydrogen (secondary N) is 1. The second-order valence-electron chi connectivity index (χ2n) is 4.76. The van der Waals surface area contributed by atoms with Crippen LogP contribution in [0.1, 0.15) is 25.7 Å². The van der Waals surface area contributed by atoms with Gasteiger partial charge in [-0.25, -0.2) is 0 Å². The van der Waals surface area contributed by atoms with Crippen LogP contribution in [-0.2, 0) is 0 Å². The smallest absolute Gasteiger partial charge is 0.0545 e. The standard InChI is InChI=1S/C13H22N2S/c1-2-9-16-10-6-14-12-5-8-15-7-3-4-13(15)11-12/h1,12-14H,3-11H2. The van der Waals surface area contributed by atoms with Crippen molar-refractivity contribution in [2.45, 2.75) is 37.8 Å². The number of rotatable bonds is 5. The van der Waals surface area contributed by atoms with Gasteiger partial charge in [0.05, 0.1) is 5.75 Å². The molecule has 3 heteroatoms. The fourth-order valence-corrected chi connectivity index (χ4v) is 3.40. The van der Waals surface area contributed by atoms with Crippen LogP contribution in [0.25, 0.3) is 0 Å². The van der Waals surface area contributed by atoms with Crippen LogP contribution in [-0.4, -0.2) is 48.1 Å². The highest BCUT2D eigenvalue weighted by atomic mass is 32.2. The molecule has 0 amide bonds. The summed E-state index contributed by atoms with van der Waals surface area (Å²) in [6.07, 6.45) is 10.7. The summed E-state index contributed by atoms with van der Waals surface area (Å²) in [4.78, 5) is 2.67. The summed E-state index contributed by atoms with van der Waals surface area (Å²) in [6.45, 7) is 3.76. The van der Waals surface area contributed by atoms with Crippen molar-refractivity contribution in [1.82, 2.24) is 10.2 Å². The average Bonchev–Trinajstić information content (AvgIpc) is 2.76. The average molecular weight is 238 g/mol. The number of fused-ring (bicyclic) bond motifs is 1. The first kappa shape index (κ1) is 12.3. The van der Waals surface area contributed by atoms with Gasteiger partial charge in [0.1, 0.15) is 0 Å². The highest BCUT2D eigenvalue weighted by Gasteiger charge is 2.31. The van der Waals surface area contributed by atoms with Crippen molar-refractivity contribution < 1.29 is 0 Å². The van der Waals surface area contributed by atoms with Gasteiger partial charge < -0.3 is 10.2 Å². The lowest BCUT2D eigenvalue weighted by atomic mass is 9.98. The Morgan fingerprint density at radius 3 is 3.19 bits per heavy atom. The van der Waals surface area contributed by atoms with Gasteiger partial charge in [-0.05, 0) is 38.8 Å². The van der Waals surface area contributed by atoms with E-state index in [1.807, 2.05) is 11.8 Å². The molecule has 0 bridgehead atoms. The van der Waals surface area contributed by atoms with Crippen molar-refractivity contribution in [3.05, 3.63) is 0 Å². The highest BCUT2D eigenvalue weighted by molar-refractivity contribution is 7.99. The third kappa shape index (κ3) is 3.41. The van der Waals surface area contributed by atoms with Crippen LogP contribution >= 0.6 is 11.8 Å². The summed E-state index contributed by atoms with van der Waals surface area (Å²) in [5.41, 5.74) is 0. The van der Waals surface area contributed by atoms with Crippen LogP contribution in [0.15, 0.2) is 0 Å². The predicted octanol–water partition coefficient (Wildman–Crippen LogP) is 1.57. The first-order valence-electron chi connectivity index (χ1n) is 6.39. The Morgan fingerprint density at radius 2 is 2.31 bits per heavy atom.